The van der Waals surface area contributed by atoms with Crippen molar-refractivity contribution >= 4 is 28.9 Å². The van der Waals surface area contributed by atoms with Gasteiger partial charge in [0.1, 0.15) is 0 Å². The van der Waals surface area contributed by atoms with E-state index in [9.17, 15) is 15.4 Å². The lowest BCUT2D eigenvalue weighted by Crippen LogP contribution is -2.00. The summed E-state index contributed by atoms with van der Waals surface area (Å²) in [4.78, 5) is 10.7. The van der Waals surface area contributed by atoms with Crippen molar-refractivity contribution in [2.75, 3.05) is 0 Å². The standard InChI is InChI=1S/C21H16ClN3O2/c1-14-10-17(11-18(13-23)16-6-8-19(22)9-7-16)15(2)24(14)20-4-3-5-21(12-20)25(26)27/h3-12H,1-2H3/b18-11+. The average molecular weight is 378 g/mol. The molecule has 134 valence electrons. The van der Waals surface area contributed by atoms with Crippen LogP contribution in [0.3, 0.4) is 0 Å². The second-order valence-corrected chi connectivity index (χ2v) is 6.55. The number of nitrogens with zero attached hydrogens (tertiary/aromatic N) is 3. The molecule has 2 aromatic carbocycles. The van der Waals surface area contributed by atoms with Crippen LogP contribution in [-0.2, 0) is 0 Å². The summed E-state index contributed by atoms with van der Waals surface area (Å²) in [6, 6.07) is 17.8. The zero-order valence-corrected chi connectivity index (χ0v) is 15.6. The fourth-order valence-electron chi connectivity index (χ4n) is 3.04. The van der Waals surface area contributed by atoms with Gasteiger partial charge in [-0.1, -0.05) is 29.8 Å². The van der Waals surface area contributed by atoms with Crippen LogP contribution < -0.4 is 0 Å². The molecule has 3 aromatic rings. The molecule has 5 nitrogen and oxygen atoms in total. The lowest BCUT2D eigenvalue weighted by molar-refractivity contribution is -0.384. The predicted molar refractivity (Wildman–Crippen MR) is 107 cm³/mol. The van der Waals surface area contributed by atoms with Crippen molar-refractivity contribution in [3.05, 3.63) is 92.2 Å². The molecule has 0 saturated heterocycles. The third-order valence-electron chi connectivity index (χ3n) is 4.34. The van der Waals surface area contributed by atoms with Gasteiger partial charge in [0.2, 0.25) is 0 Å². The number of nitro benzene ring substituents is 1. The van der Waals surface area contributed by atoms with E-state index in [2.05, 4.69) is 6.07 Å². The van der Waals surface area contributed by atoms with Gasteiger partial charge in [-0.15, -0.1) is 0 Å². The van der Waals surface area contributed by atoms with Crippen LogP contribution in [-0.4, -0.2) is 9.49 Å². The Morgan fingerprint density at radius 3 is 2.52 bits per heavy atom. The van der Waals surface area contributed by atoms with Crippen molar-refractivity contribution in [3.63, 3.8) is 0 Å². The van der Waals surface area contributed by atoms with Crippen LogP contribution in [0.4, 0.5) is 5.69 Å². The highest BCUT2D eigenvalue weighted by atomic mass is 35.5. The molecule has 0 atom stereocenters. The van der Waals surface area contributed by atoms with E-state index in [0.29, 0.717) is 16.3 Å². The minimum atomic E-state index is -0.410. The summed E-state index contributed by atoms with van der Waals surface area (Å²) in [5.74, 6) is 0. The van der Waals surface area contributed by atoms with Crippen LogP contribution in [0, 0.1) is 35.3 Å². The minimum Gasteiger partial charge on any atom is -0.318 e. The Morgan fingerprint density at radius 2 is 1.89 bits per heavy atom. The number of non-ortho nitro benzene ring substituents is 1. The molecule has 0 aliphatic carbocycles. The molecule has 0 N–H and O–H groups in total. The molecule has 1 aromatic heterocycles. The summed E-state index contributed by atoms with van der Waals surface area (Å²) >= 11 is 5.92. The van der Waals surface area contributed by atoms with Crippen LogP contribution in [0.25, 0.3) is 17.3 Å². The fourth-order valence-corrected chi connectivity index (χ4v) is 3.17. The second-order valence-electron chi connectivity index (χ2n) is 6.12. The van der Waals surface area contributed by atoms with Gasteiger partial charge in [0, 0.05) is 28.5 Å². The van der Waals surface area contributed by atoms with Gasteiger partial charge < -0.3 is 4.57 Å². The van der Waals surface area contributed by atoms with Gasteiger partial charge in [-0.25, -0.2) is 0 Å². The topological polar surface area (TPSA) is 71.9 Å². The SMILES string of the molecule is Cc1cc(/C=C(\C#N)c2ccc(Cl)cc2)c(C)n1-c1cccc([N+](=O)[O-])c1. The molecule has 0 fully saturated rings. The normalized spacial score (nSPS) is 11.3. The molecule has 0 aliphatic rings. The molecule has 0 spiro atoms. The van der Waals surface area contributed by atoms with Crippen LogP contribution in [0.2, 0.25) is 5.02 Å². The maximum absolute atomic E-state index is 11.1. The van der Waals surface area contributed by atoms with Gasteiger partial charge in [0.05, 0.1) is 22.3 Å². The molecule has 0 bridgehead atoms. The first-order valence-electron chi connectivity index (χ1n) is 8.22. The van der Waals surface area contributed by atoms with Crippen molar-refractivity contribution in [2.45, 2.75) is 13.8 Å². The number of nitriles is 1. The van der Waals surface area contributed by atoms with E-state index in [-0.39, 0.29) is 5.69 Å². The summed E-state index contributed by atoms with van der Waals surface area (Å²) in [7, 11) is 0. The number of aromatic nitrogens is 1. The highest BCUT2D eigenvalue weighted by Gasteiger charge is 2.13. The molecule has 3 rings (SSSR count). The van der Waals surface area contributed by atoms with Crippen LogP contribution in [0.15, 0.2) is 54.6 Å². The molecular formula is C21H16ClN3O2. The van der Waals surface area contributed by atoms with E-state index in [1.165, 1.54) is 12.1 Å². The summed E-state index contributed by atoms with van der Waals surface area (Å²) in [5, 5.41) is 21.2. The molecular weight excluding hydrogens is 362 g/mol. The molecule has 0 saturated carbocycles. The number of allylic oxidation sites excluding steroid dienone is 1. The summed E-state index contributed by atoms with van der Waals surface area (Å²) in [6.07, 6.45) is 1.82. The molecule has 0 amide bonds. The number of hydrogen-bond donors (Lipinski definition) is 0. The van der Waals surface area contributed by atoms with E-state index in [1.54, 1.807) is 30.3 Å². The third kappa shape index (κ3) is 3.76. The van der Waals surface area contributed by atoms with Crippen LogP contribution >= 0.6 is 11.6 Å². The zero-order chi connectivity index (χ0) is 19.6. The van der Waals surface area contributed by atoms with E-state index >= 15 is 0 Å². The van der Waals surface area contributed by atoms with Crippen molar-refractivity contribution < 1.29 is 4.92 Å². The van der Waals surface area contributed by atoms with E-state index in [1.807, 2.05) is 36.6 Å². The molecule has 27 heavy (non-hydrogen) atoms. The van der Waals surface area contributed by atoms with Crippen molar-refractivity contribution in [2.24, 2.45) is 0 Å². The fraction of sp³-hybridized carbons (Fsp3) is 0.0952. The van der Waals surface area contributed by atoms with Crippen molar-refractivity contribution in [1.29, 1.82) is 5.26 Å². The number of hydrogen-bond acceptors (Lipinski definition) is 3. The number of rotatable bonds is 4. The molecule has 0 aliphatic heterocycles. The van der Waals surface area contributed by atoms with E-state index in [4.69, 9.17) is 11.6 Å². The maximum Gasteiger partial charge on any atom is 0.271 e. The van der Waals surface area contributed by atoms with Gasteiger partial charge in [-0.3, -0.25) is 10.1 Å². The first-order chi connectivity index (χ1) is 12.9. The van der Waals surface area contributed by atoms with Gasteiger partial charge >= 0.3 is 0 Å². The number of halogens is 1. The Bertz CT molecular complexity index is 1090. The molecule has 6 heteroatoms. The molecule has 1 heterocycles. The van der Waals surface area contributed by atoms with Gasteiger partial charge in [0.25, 0.3) is 5.69 Å². The quantitative estimate of drug-likeness (QED) is 0.331. The first-order valence-corrected chi connectivity index (χ1v) is 8.60. The van der Waals surface area contributed by atoms with E-state index < -0.39 is 4.92 Å². The first kappa shape index (κ1) is 18.4. The monoisotopic (exact) mass is 377 g/mol. The van der Waals surface area contributed by atoms with Gasteiger partial charge in [0.15, 0.2) is 0 Å². The number of aryl methyl sites for hydroxylation is 1. The maximum atomic E-state index is 11.1. The number of nitro groups is 1. The lowest BCUT2D eigenvalue weighted by atomic mass is 10.0. The third-order valence-corrected chi connectivity index (χ3v) is 4.60. The Morgan fingerprint density at radius 1 is 1.19 bits per heavy atom. The molecule has 0 unspecified atom stereocenters. The van der Waals surface area contributed by atoms with E-state index in [0.717, 1.165) is 22.5 Å². The molecule has 0 radical (unpaired) electrons. The van der Waals surface area contributed by atoms with Gasteiger partial charge in [-0.2, -0.15) is 5.26 Å². The Hall–Kier alpha value is -3.36. The van der Waals surface area contributed by atoms with Crippen molar-refractivity contribution in [1.82, 2.24) is 4.57 Å². The van der Waals surface area contributed by atoms with Gasteiger partial charge in [-0.05, 0) is 55.3 Å². The summed E-state index contributed by atoms with van der Waals surface area (Å²) in [5.41, 5.74) is 4.75. The highest BCUT2D eigenvalue weighted by Crippen LogP contribution is 2.27. The summed E-state index contributed by atoms with van der Waals surface area (Å²) < 4.78 is 1.94. The van der Waals surface area contributed by atoms with Crippen molar-refractivity contribution in [3.8, 4) is 11.8 Å². The predicted octanol–water partition coefficient (Wildman–Crippen LogP) is 5.72. The summed E-state index contributed by atoms with van der Waals surface area (Å²) in [6.45, 7) is 3.85. The Kier molecular flexibility index (Phi) is 5.11. The lowest BCUT2D eigenvalue weighted by Gasteiger charge is -2.09. The van der Waals surface area contributed by atoms with Crippen LogP contribution in [0.1, 0.15) is 22.5 Å². The Balaban J connectivity index is 2.08. The van der Waals surface area contributed by atoms with Crippen LogP contribution in [0.5, 0.6) is 0 Å². The number of benzene rings is 2. The zero-order valence-electron chi connectivity index (χ0n) is 14.8. The highest BCUT2D eigenvalue weighted by molar-refractivity contribution is 6.30. The largest absolute Gasteiger partial charge is 0.318 e. The minimum absolute atomic E-state index is 0.0379. The second kappa shape index (κ2) is 7.48. The Labute approximate surface area is 161 Å². The average Bonchev–Trinajstić information content (AvgIpc) is 2.94. The smallest absolute Gasteiger partial charge is 0.271 e.